The number of hydroxylamine groups is 2. The molecule has 0 aliphatic carbocycles. The zero-order valence-electron chi connectivity index (χ0n) is 12.3. The number of rotatable bonds is 3. The first kappa shape index (κ1) is 13.8. The number of benzene rings is 2. The highest BCUT2D eigenvalue weighted by atomic mass is 16.7. The summed E-state index contributed by atoms with van der Waals surface area (Å²) in [5, 5.41) is 1.80. The summed E-state index contributed by atoms with van der Waals surface area (Å²) in [6.45, 7) is 4.48. The standard InChI is InChI=1S/C18H19NO2/c1-18(2)16(15-11-7-4-8-12-15)19(21-17(18)20)13-14-9-5-3-6-10-14/h3-12,16H,13H2,1-2H3/t16-/m1/s1. The first-order chi connectivity index (χ1) is 10.1. The van der Waals surface area contributed by atoms with Crippen LogP contribution in [0.25, 0.3) is 0 Å². The van der Waals surface area contributed by atoms with Crippen LogP contribution in [0.15, 0.2) is 60.7 Å². The van der Waals surface area contributed by atoms with Crippen molar-refractivity contribution < 1.29 is 9.63 Å². The van der Waals surface area contributed by atoms with Crippen LogP contribution < -0.4 is 0 Å². The van der Waals surface area contributed by atoms with Crippen molar-refractivity contribution in [2.75, 3.05) is 0 Å². The Kier molecular flexibility index (Phi) is 3.52. The molecule has 0 saturated carbocycles. The number of hydrogen-bond donors (Lipinski definition) is 0. The van der Waals surface area contributed by atoms with E-state index in [0.717, 1.165) is 11.1 Å². The Bertz CT molecular complexity index is 622. The maximum atomic E-state index is 12.2. The van der Waals surface area contributed by atoms with E-state index in [2.05, 4.69) is 0 Å². The average Bonchev–Trinajstić information content (AvgIpc) is 2.70. The fourth-order valence-corrected chi connectivity index (χ4v) is 2.85. The summed E-state index contributed by atoms with van der Waals surface area (Å²) in [4.78, 5) is 17.8. The van der Waals surface area contributed by atoms with E-state index in [1.807, 2.05) is 74.5 Å². The molecule has 0 N–H and O–H groups in total. The van der Waals surface area contributed by atoms with Gasteiger partial charge in [0.25, 0.3) is 0 Å². The second kappa shape index (κ2) is 5.34. The average molecular weight is 281 g/mol. The Hall–Kier alpha value is -2.13. The van der Waals surface area contributed by atoms with Gasteiger partial charge in [-0.2, -0.15) is 0 Å². The molecule has 0 bridgehead atoms. The van der Waals surface area contributed by atoms with Gasteiger partial charge in [-0.05, 0) is 25.0 Å². The summed E-state index contributed by atoms with van der Waals surface area (Å²) < 4.78 is 0. The van der Waals surface area contributed by atoms with E-state index in [-0.39, 0.29) is 12.0 Å². The van der Waals surface area contributed by atoms with Crippen LogP contribution in [0.5, 0.6) is 0 Å². The van der Waals surface area contributed by atoms with Crippen molar-refractivity contribution in [2.45, 2.75) is 26.4 Å². The van der Waals surface area contributed by atoms with E-state index in [1.54, 1.807) is 5.06 Å². The third kappa shape index (κ3) is 2.57. The number of nitrogens with zero attached hydrogens (tertiary/aromatic N) is 1. The lowest BCUT2D eigenvalue weighted by molar-refractivity contribution is -0.179. The fourth-order valence-electron chi connectivity index (χ4n) is 2.85. The molecule has 2 aromatic carbocycles. The second-order valence-corrected chi connectivity index (χ2v) is 5.97. The number of carbonyl (C=O) groups excluding carboxylic acids is 1. The molecule has 2 aromatic rings. The highest BCUT2D eigenvalue weighted by molar-refractivity contribution is 5.78. The van der Waals surface area contributed by atoms with E-state index in [4.69, 9.17) is 4.84 Å². The highest BCUT2D eigenvalue weighted by Gasteiger charge is 2.50. The van der Waals surface area contributed by atoms with Crippen LogP contribution in [0.3, 0.4) is 0 Å². The lowest BCUT2D eigenvalue weighted by Crippen LogP contribution is -2.29. The van der Waals surface area contributed by atoms with Crippen molar-refractivity contribution in [3.8, 4) is 0 Å². The van der Waals surface area contributed by atoms with Gasteiger partial charge in [-0.1, -0.05) is 60.7 Å². The Morgan fingerprint density at radius 2 is 1.57 bits per heavy atom. The smallest absolute Gasteiger partial charge is 0.332 e. The Morgan fingerprint density at radius 3 is 2.19 bits per heavy atom. The Balaban J connectivity index is 1.93. The predicted octanol–water partition coefficient (Wildman–Crippen LogP) is 3.73. The van der Waals surface area contributed by atoms with Crippen molar-refractivity contribution >= 4 is 5.97 Å². The molecule has 0 aromatic heterocycles. The summed E-state index contributed by atoms with van der Waals surface area (Å²) >= 11 is 0. The van der Waals surface area contributed by atoms with E-state index in [1.165, 1.54) is 0 Å². The fraction of sp³-hybridized carbons (Fsp3) is 0.278. The summed E-state index contributed by atoms with van der Waals surface area (Å²) in [5.74, 6) is -0.174. The second-order valence-electron chi connectivity index (χ2n) is 5.97. The van der Waals surface area contributed by atoms with Crippen LogP contribution in [0.1, 0.15) is 31.0 Å². The summed E-state index contributed by atoms with van der Waals surface area (Å²) in [7, 11) is 0. The normalized spacial score (nSPS) is 21.2. The van der Waals surface area contributed by atoms with Crippen molar-refractivity contribution in [3.05, 3.63) is 71.8 Å². The molecule has 3 nitrogen and oxygen atoms in total. The van der Waals surface area contributed by atoms with E-state index < -0.39 is 5.41 Å². The minimum atomic E-state index is -0.559. The van der Waals surface area contributed by atoms with Crippen LogP contribution in [0.4, 0.5) is 0 Å². The Labute approximate surface area is 125 Å². The van der Waals surface area contributed by atoms with Gasteiger partial charge in [-0.25, -0.2) is 4.79 Å². The molecule has 1 fully saturated rings. The van der Waals surface area contributed by atoms with Gasteiger partial charge in [0.2, 0.25) is 0 Å². The van der Waals surface area contributed by atoms with Crippen LogP contribution in [0, 0.1) is 5.41 Å². The van der Waals surface area contributed by atoms with Gasteiger partial charge in [0.05, 0.1) is 18.0 Å². The van der Waals surface area contributed by atoms with Gasteiger partial charge < -0.3 is 4.84 Å². The lowest BCUT2D eigenvalue weighted by Gasteiger charge is -2.27. The third-order valence-corrected chi connectivity index (χ3v) is 3.99. The molecular formula is C18H19NO2. The lowest BCUT2D eigenvalue weighted by atomic mass is 9.81. The van der Waals surface area contributed by atoms with Crippen LogP contribution in [-0.2, 0) is 16.2 Å². The summed E-state index contributed by atoms with van der Waals surface area (Å²) in [6.07, 6.45) is 0. The summed E-state index contributed by atoms with van der Waals surface area (Å²) in [5.41, 5.74) is 1.67. The van der Waals surface area contributed by atoms with Gasteiger partial charge in [-0.3, -0.25) is 0 Å². The predicted molar refractivity (Wildman–Crippen MR) is 81.0 cm³/mol. The maximum absolute atomic E-state index is 12.2. The van der Waals surface area contributed by atoms with Gasteiger partial charge in [-0.15, -0.1) is 5.06 Å². The monoisotopic (exact) mass is 281 g/mol. The molecule has 1 saturated heterocycles. The van der Waals surface area contributed by atoms with Crippen LogP contribution in [0.2, 0.25) is 0 Å². The number of carbonyl (C=O) groups is 1. The molecular weight excluding hydrogens is 262 g/mol. The van der Waals surface area contributed by atoms with Gasteiger partial charge >= 0.3 is 5.97 Å². The molecule has 1 aliphatic rings. The van der Waals surface area contributed by atoms with E-state index in [0.29, 0.717) is 6.54 Å². The first-order valence-corrected chi connectivity index (χ1v) is 7.17. The molecule has 0 amide bonds. The topological polar surface area (TPSA) is 29.5 Å². The minimum absolute atomic E-state index is 0.0774. The molecule has 0 radical (unpaired) electrons. The molecule has 1 aliphatic heterocycles. The van der Waals surface area contributed by atoms with Crippen molar-refractivity contribution in [3.63, 3.8) is 0 Å². The SMILES string of the molecule is CC1(C)C(=O)ON(Cc2ccccc2)[C@@H]1c1ccccc1. The maximum Gasteiger partial charge on any atom is 0.332 e. The zero-order valence-corrected chi connectivity index (χ0v) is 12.3. The van der Waals surface area contributed by atoms with Crippen LogP contribution >= 0.6 is 0 Å². The Morgan fingerprint density at radius 1 is 1.00 bits per heavy atom. The largest absolute Gasteiger partial charge is 0.366 e. The molecule has 3 heteroatoms. The van der Waals surface area contributed by atoms with Gasteiger partial charge in [0, 0.05) is 0 Å². The van der Waals surface area contributed by atoms with Crippen molar-refractivity contribution in [1.29, 1.82) is 0 Å². The van der Waals surface area contributed by atoms with E-state index in [9.17, 15) is 4.79 Å². The molecule has 1 heterocycles. The number of hydrogen-bond acceptors (Lipinski definition) is 3. The van der Waals surface area contributed by atoms with Gasteiger partial charge in [0.1, 0.15) is 0 Å². The molecule has 0 spiro atoms. The minimum Gasteiger partial charge on any atom is -0.366 e. The quantitative estimate of drug-likeness (QED) is 0.858. The molecule has 21 heavy (non-hydrogen) atoms. The van der Waals surface area contributed by atoms with Crippen molar-refractivity contribution in [1.82, 2.24) is 5.06 Å². The molecule has 3 rings (SSSR count). The van der Waals surface area contributed by atoms with E-state index >= 15 is 0 Å². The van der Waals surface area contributed by atoms with Crippen LogP contribution in [-0.4, -0.2) is 11.0 Å². The summed E-state index contributed by atoms with van der Waals surface area (Å²) in [6, 6.07) is 20.1. The zero-order chi connectivity index (χ0) is 14.9. The third-order valence-electron chi connectivity index (χ3n) is 3.99. The molecule has 0 unspecified atom stereocenters. The highest BCUT2D eigenvalue weighted by Crippen LogP contribution is 2.45. The molecule has 108 valence electrons. The first-order valence-electron chi connectivity index (χ1n) is 7.17. The van der Waals surface area contributed by atoms with Crippen molar-refractivity contribution in [2.24, 2.45) is 5.41 Å². The molecule has 1 atom stereocenters. The van der Waals surface area contributed by atoms with Gasteiger partial charge in [0.15, 0.2) is 0 Å².